The van der Waals surface area contributed by atoms with Crippen molar-refractivity contribution in [2.45, 2.75) is 45.1 Å². The molecule has 0 aromatic heterocycles. The van der Waals surface area contributed by atoms with Crippen molar-refractivity contribution in [2.24, 2.45) is 5.92 Å². The number of para-hydroxylation sites is 2. The molecule has 2 heterocycles. The van der Waals surface area contributed by atoms with Crippen LogP contribution < -0.4 is 14.8 Å². The number of carbonyl (C=O) groups is 1. The van der Waals surface area contributed by atoms with Crippen molar-refractivity contribution >= 4 is 5.91 Å². The summed E-state index contributed by atoms with van der Waals surface area (Å²) < 4.78 is 11.8. The number of nitrogens with one attached hydrogen (secondary N) is 1. The van der Waals surface area contributed by atoms with E-state index in [1.807, 2.05) is 29.2 Å². The summed E-state index contributed by atoms with van der Waals surface area (Å²) in [7, 11) is 0. The Bertz CT molecular complexity index is 558. The van der Waals surface area contributed by atoms with Crippen LogP contribution in [0.15, 0.2) is 24.3 Å². The zero-order valence-electron chi connectivity index (χ0n) is 15.2. The Morgan fingerprint density at radius 3 is 2.76 bits per heavy atom. The molecule has 1 atom stereocenters. The van der Waals surface area contributed by atoms with E-state index in [1.165, 1.54) is 12.8 Å². The molecule has 0 bridgehead atoms. The Kier molecular flexibility index (Phi) is 6.56. The minimum Gasteiger partial charge on any atom is -0.486 e. The van der Waals surface area contributed by atoms with Crippen LogP contribution in [0.5, 0.6) is 11.5 Å². The lowest BCUT2D eigenvalue weighted by molar-refractivity contribution is -0.133. The number of nitrogens with zero attached hydrogens (tertiary/aromatic N) is 1. The molecular formula is C20H30N2O3. The molecule has 3 rings (SSSR count). The van der Waals surface area contributed by atoms with E-state index in [1.54, 1.807) is 0 Å². The van der Waals surface area contributed by atoms with Crippen molar-refractivity contribution in [2.75, 3.05) is 32.8 Å². The average Bonchev–Trinajstić information content (AvgIpc) is 2.66. The molecule has 2 aliphatic rings. The molecule has 0 saturated carbocycles. The fourth-order valence-electron chi connectivity index (χ4n) is 3.64. The lowest BCUT2D eigenvalue weighted by Crippen LogP contribution is -2.44. The highest BCUT2D eigenvalue weighted by Gasteiger charge is 2.25. The van der Waals surface area contributed by atoms with E-state index in [0.717, 1.165) is 44.0 Å². The average molecular weight is 346 g/mol. The maximum Gasteiger partial charge on any atom is 0.222 e. The first-order chi connectivity index (χ1) is 12.3. The third kappa shape index (κ3) is 5.11. The van der Waals surface area contributed by atoms with Gasteiger partial charge in [0.15, 0.2) is 17.6 Å². The van der Waals surface area contributed by atoms with Gasteiger partial charge in [0, 0.05) is 13.0 Å². The van der Waals surface area contributed by atoms with Gasteiger partial charge in [0.1, 0.15) is 6.61 Å². The number of hydrogen-bond acceptors (Lipinski definition) is 4. The van der Waals surface area contributed by atoms with Gasteiger partial charge in [-0.15, -0.1) is 0 Å². The van der Waals surface area contributed by atoms with Crippen molar-refractivity contribution in [3.8, 4) is 11.5 Å². The molecule has 5 heteroatoms. The first-order valence-electron chi connectivity index (χ1n) is 9.63. The van der Waals surface area contributed by atoms with E-state index < -0.39 is 0 Å². The number of rotatable bonds is 7. The monoisotopic (exact) mass is 346 g/mol. The Labute approximate surface area is 150 Å². The summed E-state index contributed by atoms with van der Waals surface area (Å²) in [6.07, 6.45) is 4.91. The second-order valence-corrected chi connectivity index (χ2v) is 7.07. The molecule has 1 N–H and O–H groups in total. The highest BCUT2D eigenvalue weighted by Crippen LogP contribution is 2.31. The second-order valence-electron chi connectivity index (χ2n) is 7.07. The number of benzene rings is 1. The van der Waals surface area contributed by atoms with Crippen LogP contribution >= 0.6 is 0 Å². The van der Waals surface area contributed by atoms with E-state index in [0.29, 0.717) is 25.5 Å². The van der Waals surface area contributed by atoms with Crippen molar-refractivity contribution in [1.29, 1.82) is 0 Å². The van der Waals surface area contributed by atoms with Gasteiger partial charge in [0.25, 0.3) is 0 Å². The largest absolute Gasteiger partial charge is 0.486 e. The molecule has 138 valence electrons. The summed E-state index contributed by atoms with van der Waals surface area (Å²) in [5, 5.41) is 3.38. The smallest absolute Gasteiger partial charge is 0.222 e. The molecule has 1 amide bonds. The van der Waals surface area contributed by atoms with Gasteiger partial charge in [-0.3, -0.25) is 4.79 Å². The van der Waals surface area contributed by atoms with Crippen LogP contribution in [0.4, 0.5) is 0 Å². The lowest BCUT2D eigenvalue weighted by Gasteiger charge is -2.32. The van der Waals surface area contributed by atoms with Crippen LogP contribution in [0.25, 0.3) is 0 Å². The van der Waals surface area contributed by atoms with Crippen LogP contribution in [0.3, 0.4) is 0 Å². The molecule has 25 heavy (non-hydrogen) atoms. The first kappa shape index (κ1) is 18.1. The van der Waals surface area contributed by atoms with Gasteiger partial charge in [0.2, 0.25) is 5.91 Å². The van der Waals surface area contributed by atoms with Gasteiger partial charge in [-0.25, -0.2) is 0 Å². The topological polar surface area (TPSA) is 50.8 Å². The maximum atomic E-state index is 12.7. The summed E-state index contributed by atoms with van der Waals surface area (Å²) >= 11 is 0. The van der Waals surface area contributed by atoms with Crippen molar-refractivity contribution in [1.82, 2.24) is 10.2 Å². The fourth-order valence-corrected chi connectivity index (χ4v) is 3.64. The zero-order valence-corrected chi connectivity index (χ0v) is 15.2. The predicted molar refractivity (Wildman–Crippen MR) is 98.1 cm³/mol. The highest BCUT2D eigenvalue weighted by molar-refractivity contribution is 5.76. The summed E-state index contributed by atoms with van der Waals surface area (Å²) in [5.41, 5.74) is 0. The number of ether oxygens (including phenoxy) is 2. The quantitative estimate of drug-likeness (QED) is 0.825. The number of hydrogen-bond donors (Lipinski definition) is 1. The molecule has 1 saturated heterocycles. The van der Waals surface area contributed by atoms with E-state index in [9.17, 15) is 4.79 Å². The Balaban J connectivity index is 1.51. The molecule has 2 aliphatic heterocycles. The maximum absolute atomic E-state index is 12.7. The Hall–Kier alpha value is -1.75. The second kappa shape index (κ2) is 9.09. The van der Waals surface area contributed by atoms with E-state index in [4.69, 9.17) is 9.47 Å². The Morgan fingerprint density at radius 2 is 2.00 bits per heavy atom. The highest BCUT2D eigenvalue weighted by atomic mass is 16.6. The van der Waals surface area contributed by atoms with E-state index in [-0.39, 0.29) is 12.0 Å². The number of piperidine rings is 1. The SMILES string of the molecule is CCCN(CC1COc2ccccc2O1)C(=O)CCC1CCNCC1. The third-order valence-electron chi connectivity index (χ3n) is 5.06. The molecule has 0 aliphatic carbocycles. The molecule has 0 radical (unpaired) electrons. The van der Waals surface area contributed by atoms with Gasteiger partial charge in [-0.05, 0) is 56.8 Å². The molecule has 5 nitrogen and oxygen atoms in total. The normalized spacial score (nSPS) is 20.3. The van der Waals surface area contributed by atoms with Crippen LogP contribution in [0, 0.1) is 5.92 Å². The summed E-state index contributed by atoms with van der Waals surface area (Å²) in [4.78, 5) is 14.7. The lowest BCUT2D eigenvalue weighted by atomic mass is 9.93. The van der Waals surface area contributed by atoms with E-state index in [2.05, 4.69) is 12.2 Å². The summed E-state index contributed by atoms with van der Waals surface area (Å²) in [6, 6.07) is 7.72. The minimum absolute atomic E-state index is 0.0933. The van der Waals surface area contributed by atoms with Gasteiger partial charge in [-0.2, -0.15) is 0 Å². The number of amides is 1. The molecule has 1 fully saturated rings. The number of carbonyl (C=O) groups excluding carboxylic acids is 1. The van der Waals surface area contributed by atoms with Gasteiger partial charge in [-0.1, -0.05) is 19.1 Å². The zero-order chi connectivity index (χ0) is 17.5. The fraction of sp³-hybridized carbons (Fsp3) is 0.650. The summed E-state index contributed by atoms with van der Waals surface area (Å²) in [5.74, 6) is 2.51. The summed E-state index contributed by atoms with van der Waals surface area (Å²) in [6.45, 7) is 6.17. The van der Waals surface area contributed by atoms with Crippen molar-refractivity contribution in [3.05, 3.63) is 24.3 Å². The molecule has 1 unspecified atom stereocenters. The van der Waals surface area contributed by atoms with E-state index >= 15 is 0 Å². The Morgan fingerprint density at radius 1 is 1.24 bits per heavy atom. The van der Waals surface area contributed by atoms with Gasteiger partial charge < -0.3 is 19.7 Å². The van der Waals surface area contributed by atoms with Crippen LogP contribution in [0.1, 0.15) is 39.0 Å². The molecular weight excluding hydrogens is 316 g/mol. The third-order valence-corrected chi connectivity index (χ3v) is 5.06. The first-order valence-corrected chi connectivity index (χ1v) is 9.63. The van der Waals surface area contributed by atoms with Gasteiger partial charge >= 0.3 is 0 Å². The number of fused-ring (bicyclic) bond motifs is 1. The van der Waals surface area contributed by atoms with Crippen LogP contribution in [-0.4, -0.2) is 49.7 Å². The molecule has 1 aromatic carbocycles. The van der Waals surface area contributed by atoms with Crippen LogP contribution in [-0.2, 0) is 4.79 Å². The molecule has 0 spiro atoms. The van der Waals surface area contributed by atoms with Crippen molar-refractivity contribution in [3.63, 3.8) is 0 Å². The van der Waals surface area contributed by atoms with Gasteiger partial charge in [0.05, 0.1) is 6.54 Å². The predicted octanol–water partition coefficient (Wildman–Crippen LogP) is 2.84. The van der Waals surface area contributed by atoms with Crippen LogP contribution in [0.2, 0.25) is 0 Å². The minimum atomic E-state index is -0.0933. The van der Waals surface area contributed by atoms with Crippen molar-refractivity contribution < 1.29 is 14.3 Å². The standard InChI is InChI=1S/C20H30N2O3/c1-2-13-22(20(23)8-7-16-9-11-21-12-10-16)14-17-15-24-18-5-3-4-6-19(18)25-17/h3-6,16-17,21H,2,7-15H2,1H3. The molecule has 1 aromatic rings.